The van der Waals surface area contributed by atoms with Crippen LogP contribution in [0.3, 0.4) is 0 Å². The summed E-state index contributed by atoms with van der Waals surface area (Å²) in [5.74, 6) is 0.824. The predicted octanol–water partition coefficient (Wildman–Crippen LogP) is 3.18. The lowest BCUT2D eigenvalue weighted by molar-refractivity contribution is 0.768. The summed E-state index contributed by atoms with van der Waals surface area (Å²) in [6.07, 6.45) is 1.07. The highest BCUT2D eigenvalue weighted by Gasteiger charge is 2.08. The summed E-state index contributed by atoms with van der Waals surface area (Å²) in [5, 5.41) is 11.2. The van der Waals surface area contributed by atoms with Crippen LogP contribution in [0.5, 0.6) is 0 Å². The van der Waals surface area contributed by atoms with Crippen molar-refractivity contribution >= 4 is 29.9 Å². The van der Waals surface area contributed by atoms with Crippen molar-refractivity contribution in [1.82, 2.24) is 20.4 Å². The summed E-state index contributed by atoms with van der Waals surface area (Å²) in [6, 6.07) is 10.4. The van der Waals surface area contributed by atoms with Crippen molar-refractivity contribution in [3.05, 3.63) is 47.3 Å². The van der Waals surface area contributed by atoms with Crippen molar-refractivity contribution in [2.75, 3.05) is 13.6 Å². The number of benzene rings is 1. The van der Waals surface area contributed by atoms with E-state index in [1.165, 1.54) is 5.56 Å². The Bertz CT molecular complexity index is 648. The number of halogens is 1. The molecule has 0 saturated carbocycles. The van der Waals surface area contributed by atoms with Crippen molar-refractivity contribution in [3.63, 3.8) is 0 Å². The summed E-state index contributed by atoms with van der Waals surface area (Å²) < 4.78 is 1.99. The van der Waals surface area contributed by atoms with Crippen LogP contribution in [0.1, 0.15) is 30.3 Å². The first-order valence-corrected chi connectivity index (χ1v) is 7.71. The zero-order valence-electron chi connectivity index (χ0n) is 14.3. The zero-order chi connectivity index (χ0) is 15.9. The predicted molar refractivity (Wildman–Crippen MR) is 107 cm³/mol. The second kappa shape index (κ2) is 9.54. The Morgan fingerprint density at radius 2 is 1.96 bits per heavy atom. The summed E-state index contributed by atoms with van der Waals surface area (Å²) >= 11 is 0. The van der Waals surface area contributed by atoms with Gasteiger partial charge in [-0.25, -0.2) is 4.68 Å². The third-order valence-corrected chi connectivity index (χ3v) is 3.44. The first kappa shape index (κ1) is 19.5. The fourth-order valence-electron chi connectivity index (χ4n) is 2.38. The molecule has 1 heterocycles. The van der Waals surface area contributed by atoms with E-state index in [0.29, 0.717) is 6.54 Å². The minimum atomic E-state index is 0. The number of aryl methyl sites for hydroxylation is 2. The Hall–Kier alpha value is -1.57. The topological polar surface area (TPSA) is 54.2 Å². The number of aromatic nitrogens is 2. The van der Waals surface area contributed by atoms with Gasteiger partial charge in [0.25, 0.3) is 0 Å². The molecule has 0 bridgehead atoms. The maximum absolute atomic E-state index is 4.58. The van der Waals surface area contributed by atoms with Gasteiger partial charge in [-0.05, 0) is 38.0 Å². The molecule has 1 aromatic carbocycles. The van der Waals surface area contributed by atoms with Crippen molar-refractivity contribution in [2.45, 2.75) is 33.7 Å². The molecular formula is C17H26IN5. The van der Waals surface area contributed by atoms with Gasteiger partial charge in [-0.15, -0.1) is 24.0 Å². The molecule has 23 heavy (non-hydrogen) atoms. The number of para-hydroxylation sites is 1. The first-order chi connectivity index (χ1) is 10.7. The minimum Gasteiger partial charge on any atom is -0.356 e. The number of hydrogen-bond acceptors (Lipinski definition) is 2. The number of rotatable bonds is 5. The molecule has 0 aliphatic carbocycles. The normalized spacial score (nSPS) is 11.0. The quantitative estimate of drug-likeness (QED) is 0.438. The smallest absolute Gasteiger partial charge is 0.191 e. The molecule has 0 spiro atoms. The molecule has 0 saturated heterocycles. The summed E-state index contributed by atoms with van der Waals surface area (Å²) in [5.41, 5.74) is 4.46. The van der Waals surface area contributed by atoms with Crippen LogP contribution in [-0.2, 0) is 6.54 Å². The van der Waals surface area contributed by atoms with E-state index in [2.05, 4.69) is 58.8 Å². The molecule has 5 nitrogen and oxygen atoms in total. The third-order valence-electron chi connectivity index (χ3n) is 3.44. The molecule has 0 radical (unpaired) electrons. The standard InChI is InChI=1S/C17H25N5.HI/c1-5-10-19-17(18-4)20-12-15-8-6-7-9-16(15)22-14(3)11-13(2)21-22;/h6-9,11H,5,10,12H2,1-4H3,(H2,18,19,20);1H. The monoisotopic (exact) mass is 427 g/mol. The van der Waals surface area contributed by atoms with Crippen molar-refractivity contribution in [2.24, 2.45) is 4.99 Å². The van der Waals surface area contributed by atoms with E-state index in [0.717, 1.165) is 36.0 Å². The maximum Gasteiger partial charge on any atom is 0.191 e. The number of hydrogen-bond donors (Lipinski definition) is 2. The Balaban J connectivity index is 0.00000264. The molecular weight excluding hydrogens is 401 g/mol. The van der Waals surface area contributed by atoms with Crippen LogP contribution in [0.2, 0.25) is 0 Å². The Labute approximate surface area is 155 Å². The Morgan fingerprint density at radius 3 is 2.57 bits per heavy atom. The van der Waals surface area contributed by atoms with Crippen LogP contribution < -0.4 is 10.6 Å². The molecule has 0 unspecified atom stereocenters. The molecule has 0 amide bonds. The largest absolute Gasteiger partial charge is 0.356 e. The summed E-state index contributed by atoms with van der Waals surface area (Å²) in [4.78, 5) is 4.24. The van der Waals surface area contributed by atoms with Gasteiger partial charge in [0.1, 0.15) is 0 Å². The number of nitrogens with one attached hydrogen (secondary N) is 2. The maximum atomic E-state index is 4.58. The summed E-state index contributed by atoms with van der Waals surface area (Å²) in [7, 11) is 1.79. The van der Waals surface area contributed by atoms with Crippen LogP contribution in [0, 0.1) is 13.8 Å². The van der Waals surface area contributed by atoms with Crippen LogP contribution in [-0.4, -0.2) is 29.3 Å². The van der Waals surface area contributed by atoms with Crippen molar-refractivity contribution in [1.29, 1.82) is 0 Å². The van der Waals surface area contributed by atoms with E-state index in [1.54, 1.807) is 7.05 Å². The van der Waals surface area contributed by atoms with E-state index >= 15 is 0 Å². The molecule has 0 aliphatic rings. The highest BCUT2D eigenvalue weighted by atomic mass is 127. The van der Waals surface area contributed by atoms with E-state index in [4.69, 9.17) is 0 Å². The second-order valence-corrected chi connectivity index (χ2v) is 5.32. The zero-order valence-corrected chi connectivity index (χ0v) is 16.6. The second-order valence-electron chi connectivity index (χ2n) is 5.32. The van der Waals surface area contributed by atoms with Gasteiger partial charge in [0.15, 0.2) is 5.96 Å². The molecule has 1 aromatic heterocycles. The SMILES string of the molecule is CCCNC(=NC)NCc1ccccc1-n1nc(C)cc1C.I. The lowest BCUT2D eigenvalue weighted by atomic mass is 10.1. The van der Waals surface area contributed by atoms with Crippen LogP contribution in [0.25, 0.3) is 5.69 Å². The van der Waals surface area contributed by atoms with Gasteiger partial charge in [-0.1, -0.05) is 25.1 Å². The van der Waals surface area contributed by atoms with Gasteiger partial charge >= 0.3 is 0 Å². The molecule has 2 N–H and O–H groups in total. The average Bonchev–Trinajstić information content (AvgIpc) is 2.86. The highest BCUT2D eigenvalue weighted by Crippen LogP contribution is 2.16. The van der Waals surface area contributed by atoms with Crippen molar-refractivity contribution in [3.8, 4) is 5.69 Å². The lowest BCUT2D eigenvalue weighted by Gasteiger charge is -2.14. The molecule has 126 valence electrons. The summed E-state index contributed by atoms with van der Waals surface area (Å²) in [6.45, 7) is 7.85. The number of guanidine groups is 1. The molecule has 6 heteroatoms. The molecule has 0 atom stereocenters. The van der Waals surface area contributed by atoms with Gasteiger partial charge in [-0.2, -0.15) is 5.10 Å². The fourth-order valence-corrected chi connectivity index (χ4v) is 2.38. The molecule has 0 aliphatic heterocycles. The van der Waals surface area contributed by atoms with Crippen LogP contribution in [0.15, 0.2) is 35.3 Å². The molecule has 2 rings (SSSR count). The van der Waals surface area contributed by atoms with Gasteiger partial charge in [-0.3, -0.25) is 4.99 Å². The first-order valence-electron chi connectivity index (χ1n) is 7.71. The van der Waals surface area contributed by atoms with E-state index in [9.17, 15) is 0 Å². The fraction of sp³-hybridized carbons (Fsp3) is 0.412. The Kier molecular flexibility index (Phi) is 8.08. The Morgan fingerprint density at radius 1 is 1.22 bits per heavy atom. The minimum absolute atomic E-state index is 0. The van der Waals surface area contributed by atoms with Crippen LogP contribution in [0.4, 0.5) is 0 Å². The van der Waals surface area contributed by atoms with Gasteiger partial charge < -0.3 is 10.6 Å². The highest BCUT2D eigenvalue weighted by molar-refractivity contribution is 14.0. The van der Waals surface area contributed by atoms with Crippen LogP contribution >= 0.6 is 24.0 Å². The van der Waals surface area contributed by atoms with E-state index in [-0.39, 0.29) is 24.0 Å². The van der Waals surface area contributed by atoms with E-state index in [1.807, 2.05) is 17.7 Å². The van der Waals surface area contributed by atoms with Gasteiger partial charge in [0, 0.05) is 25.8 Å². The van der Waals surface area contributed by atoms with E-state index < -0.39 is 0 Å². The number of aliphatic imine (C=N–C) groups is 1. The molecule has 0 fully saturated rings. The van der Waals surface area contributed by atoms with Gasteiger partial charge in [0.05, 0.1) is 11.4 Å². The van der Waals surface area contributed by atoms with Crippen molar-refractivity contribution < 1.29 is 0 Å². The lowest BCUT2D eigenvalue weighted by Crippen LogP contribution is -2.37. The molecule has 2 aromatic rings. The third kappa shape index (κ3) is 5.23. The van der Waals surface area contributed by atoms with Gasteiger partial charge in [0.2, 0.25) is 0 Å². The number of nitrogens with zero attached hydrogens (tertiary/aromatic N) is 3. The average molecular weight is 427 g/mol.